The van der Waals surface area contributed by atoms with Gasteiger partial charge in [0.05, 0.1) is 13.2 Å². The number of likely N-dealkylation sites (tertiary alicyclic amines) is 1. The lowest BCUT2D eigenvalue weighted by Crippen LogP contribution is -2.42. The quantitative estimate of drug-likeness (QED) is 0.790. The molecule has 0 spiro atoms. The topological polar surface area (TPSA) is 82.6 Å². The van der Waals surface area contributed by atoms with Gasteiger partial charge < -0.3 is 19.0 Å². The molecule has 2 aliphatic heterocycles. The van der Waals surface area contributed by atoms with Crippen molar-refractivity contribution in [1.82, 2.24) is 9.88 Å². The molecular formula is C22H26N4O3. The zero-order chi connectivity index (χ0) is 20.4. The minimum Gasteiger partial charge on any atom is -0.497 e. The summed E-state index contributed by atoms with van der Waals surface area (Å²) in [7, 11) is 1.66. The Kier molecular flexibility index (Phi) is 5.43. The first-order valence-electron chi connectivity index (χ1n) is 10.2. The average molecular weight is 394 g/mol. The highest BCUT2D eigenvalue weighted by molar-refractivity contribution is 5.80. The zero-order valence-electron chi connectivity index (χ0n) is 16.9. The van der Waals surface area contributed by atoms with Crippen LogP contribution < -0.4 is 9.64 Å². The molecule has 2 saturated heterocycles. The van der Waals surface area contributed by atoms with Crippen LogP contribution in [0.1, 0.15) is 48.9 Å². The highest BCUT2D eigenvalue weighted by Gasteiger charge is 2.36. The number of rotatable bonds is 4. The third kappa shape index (κ3) is 3.80. The van der Waals surface area contributed by atoms with Crippen LogP contribution in [0.25, 0.3) is 0 Å². The van der Waals surface area contributed by atoms with E-state index < -0.39 is 0 Å². The Morgan fingerprint density at radius 1 is 1.21 bits per heavy atom. The van der Waals surface area contributed by atoms with E-state index in [1.807, 2.05) is 17.0 Å². The Morgan fingerprint density at radius 2 is 1.93 bits per heavy atom. The number of benzene rings is 1. The Labute approximate surface area is 170 Å². The third-order valence-corrected chi connectivity index (χ3v) is 5.99. The number of piperidine rings is 1. The number of ether oxygens (including phenoxy) is 1. The number of carbonyl (C=O) groups excluding carboxylic acids is 1. The summed E-state index contributed by atoms with van der Waals surface area (Å²) in [5.41, 5.74) is 1.50. The second-order valence-corrected chi connectivity index (χ2v) is 7.72. The van der Waals surface area contributed by atoms with Crippen molar-refractivity contribution in [1.29, 1.82) is 5.26 Å². The predicted molar refractivity (Wildman–Crippen MR) is 108 cm³/mol. The second kappa shape index (κ2) is 8.16. The van der Waals surface area contributed by atoms with Crippen molar-refractivity contribution >= 4 is 11.8 Å². The Balaban J connectivity index is 1.41. The fourth-order valence-electron chi connectivity index (χ4n) is 4.47. The lowest BCUT2D eigenvalue weighted by atomic mass is 9.94. The number of hydrogen-bond acceptors (Lipinski definition) is 6. The van der Waals surface area contributed by atoms with Gasteiger partial charge in [-0.05, 0) is 43.4 Å². The molecule has 29 heavy (non-hydrogen) atoms. The van der Waals surface area contributed by atoms with E-state index in [2.05, 4.69) is 28.1 Å². The number of nitrogens with zero attached hydrogens (tertiary/aromatic N) is 4. The van der Waals surface area contributed by atoms with Gasteiger partial charge in [0.25, 0.3) is 0 Å². The Morgan fingerprint density at radius 3 is 2.59 bits per heavy atom. The van der Waals surface area contributed by atoms with Gasteiger partial charge in [-0.2, -0.15) is 5.26 Å². The number of amides is 1. The van der Waals surface area contributed by atoms with Gasteiger partial charge in [0.1, 0.15) is 11.8 Å². The van der Waals surface area contributed by atoms with Crippen LogP contribution in [0.2, 0.25) is 0 Å². The molecule has 0 aliphatic carbocycles. The fraction of sp³-hybridized carbons (Fsp3) is 0.500. The molecule has 0 N–H and O–H groups in total. The zero-order valence-corrected chi connectivity index (χ0v) is 16.9. The van der Waals surface area contributed by atoms with E-state index in [0.717, 1.165) is 38.0 Å². The number of aromatic nitrogens is 1. The van der Waals surface area contributed by atoms with Gasteiger partial charge in [-0.15, -0.1) is 0 Å². The summed E-state index contributed by atoms with van der Waals surface area (Å²) in [4.78, 5) is 21.5. The van der Waals surface area contributed by atoms with Crippen molar-refractivity contribution in [2.75, 3.05) is 31.6 Å². The van der Waals surface area contributed by atoms with Crippen LogP contribution in [0.15, 0.2) is 28.7 Å². The van der Waals surface area contributed by atoms with Crippen molar-refractivity contribution in [2.45, 2.75) is 38.6 Å². The molecule has 1 amide bonds. The maximum atomic E-state index is 13.3. The van der Waals surface area contributed by atoms with E-state index in [-0.39, 0.29) is 17.9 Å². The molecule has 2 fully saturated rings. The maximum absolute atomic E-state index is 13.3. The average Bonchev–Trinajstić information content (AvgIpc) is 3.40. The normalized spacial score (nSPS) is 20.0. The van der Waals surface area contributed by atoms with Gasteiger partial charge in [-0.25, -0.2) is 4.98 Å². The van der Waals surface area contributed by atoms with Gasteiger partial charge in [0.15, 0.2) is 5.89 Å². The van der Waals surface area contributed by atoms with E-state index in [0.29, 0.717) is 30.6 Å². The predicted octanol–water partition coefficient (Wildman–Crippen LogP) is 3.44. The third-order valence-electron chi connectivity index (χ3n) is 5.99. The molecule has 7 nitrogen and oxygen atoms in total. The van der Waals surface area contributed by atoms with Gasteiger partial charge >= 0.3 is 0 Å². The van der Waals surface area contributed by atoms with Crippen molar-refractivity contribution < 1.29 is 13.9 Å². The minimum atomic E-state index is 0.0136. The molecule has 152 valence electrons. The number of oxazole rings is 1. The molecule has 3 heterocycles. The molecule has 2 aromatic rings. The van der Waals surface area contributed by atoms with Crippen LogP contribution in [-0.2, 0) is 4.79 Å². The van der Waals surface area contributed by atoms with Crippen LogP contribution in [0, 0.1) is 24.2 Å². The molecule has 1 aromatic carbocycles. The molecule has 7 heteroatoms. The molecule has 4 rings (SSSR count). The number of anilines is 1. The van der Waals surface area contributed by atoms with Crippen LogP contribution >= 0.6 is 0 Å². The Hall–Kier alpha value is -3.01. The van der Waals surface area contributed by atoms with E-state index in [1.165, 1.54) is 5.56 Å². The van der Waals surface area contributed by atoms with E-state index in [1.54, 1.807) is 14.0 Å². The van der Waals surface area contributed by atoms with Crippen LogP contribution in [-0.4, -0.2) is 42.5 Å². The smallest absolute Gasteiger partial charge is 0.234 e. The summed E-state index contributed by atoms with van der Waals surface area (Å²) >= 11 is 0. The first-order chi connectivity index (χ1) is 14.1. The van der Waals surface area contributed by atoms with Crippen LogP contribution in [0.3, 0.4) is 0 Å². The lowest BCUT2D eigenvalue weighted by Gasteiger charge is -2.35. The lowest BCUT2D eigenvalue weighted by molar-refractivity contribution is -0.137. The summed E-state index contributed by atoms with van der Waals surface area (Å²) in [5, 5.41) is 9.25. The monoisotopic (exact) mass is 394 g/mol. The van der Waals surface area contributed by atoms with Gasteiger partial charge in [-0.3, -0.25) is 4.79 Å². The largest absolute Gasteiger partial charge is 0.497 e. The van der Waals surface area contributed by atoms with Gasteiger partial charge in [0, 0.05) is 32.5 Å². The second-order valence-electron chi connectivity index (χ2n) is 7.72. The van der Waals surface area contributed by atoms with Crippen molar-refractivity contribution in [3.05, 3.63) is 41.4 Å². The van der Waals surface area contributed by atoms with Gasteiger partial charge in [0.2, 0.25) is 17.5 Å². The molecule has 1 atom stereocenters. The summed E-state index contributed by atoms with van der Waals surface area (Å²) < 4.78 is 10.9. The summed E-state index contributed by atoms with van der Waals surface area (Å²) in [5.74, 6) is 2.12. The summed E-state index contributed by atoms with van der Waals surface area (Å²) in [6, 6.07) is 10.3. The fourth-order valence-corrected chi connectivity index (χ4v) is 4.47. The Bertz CT molecular complexity index is 907. The number of carbonyl (C=O) groups is 1. The molecule has 0 unspecified atom stereocenters. The molecule has 0 saturated carbocycles. The van der Waals surface area contributed by atoms with Gasteiger partial charge in [-0.1, -0.05) is 12.1 Å². The van der Waals surface area contributed by atoms with Crippen molar-refractivity contribution in [2.24, 2.45) is 5.92 Å². The van der Waals surface area contributed by atoms with Crippen LogP contribution in [0.4, 0.5) is 5.88 Å². The number of methoxy groups -OCH3 is 1. The molecule has 0 bridgehead atoms. The van der Waals surface area contributed by atoms with E-state index >= 15 is 0 Å². The summed E-state index contributed by atoms with van der Waals surface area (Å²) in [6.07, 6.45) is 3.55. The van der Waals surface area contributed by atoms with E-state index in [4.69, 9.17) is 9.15 Å². The summed E-state index contributed by atoms with van der Waals surface area (Å²) in [6.45, 7) is 3.95. The first-order valence-corrected chi connectivity index (χ1v) is 10.2. The molecule has 1 aromatic heterocycles. The highest BCUT2D eigenvalue weighted by atomic mass is 16.5. The molecular weight excluding hydrogens is 368 g/mol. The van der Waals surface area contributed by atoms with Crippen molar-refractivity contribution in [3.63, 3.8) is 0 Å². The first kappa shape index (κ1) is 19.3. The number of aryl methyl sites for hydroxylation is 1. The maximum Gasteiger partial charge on any atom is 0.234 e. The highest BCUT2D eigenvalue weighted by Crippen LogP contribution is 2.36. The SMILES string of the molecule is COc1ccc([C@@H]2CCCN2C(=O)C2CCN(c3oc(C)nc3C#N)CC2)cc1. The molecule has 2 aliphatic rings. The number of nitriles is 1. The molecule has 0 radical (unpaired) electrons. The number of hydrogen-bond donors (Lipinski definition) is 0. The van der Waals surface area contributed by atoms with E-state index in [9.17, 15) is 10.1 Å². The standard InChI is InChI=1S/C22H26N4O3/c1-15-24-19(14-23)22(29-15)25-12-9-17(10-13-25)21(27)26-11-3-4-20(26)16-5-7-18(28-2)8-6-16/h5-8,17,20H,3-4,9-13H2,1-2H3/t20-/m0/s1. The minimum absolute atomic E-state index is 0.0136. The van der Waals surface area contributed by atoms with Crippen molar-refractivity contribution in [3.8, 4) is 11.8 Å². The van der Waals surface area contributed by atoms with Crippen LogP contribution in [0.5, 0.6) is 5.75 Å².